The fraction of sp³-hybridized carbons (Fsp3) is 0.588. The summed E-state index contributed by atoms with van der Waals surface area (Å²) in [6.45, 7) is 5.49. The molecule has 0 saturated carbocycles. The van der Waals surface area contributed by atoms with Crippen LogP contribution in [0.2, 0.25) is 0 Å². The summed E-state index contributed by atoms with van der Waals surface area (Å²) in [6, 6.07) is 10.7. The maximum absolute atomic E-state index is 12.0. The van der Waals surface area contributed by atoms with Crippen LogP contribution in [0.1, 0.15) is 12.0 Å². The number of hydrogen-bond acceptors (Lipinski definition) is 3. The van der Waals surface area contributed by atoms with Gasteiger partial charge in [0.1, 0.15) is 0 Å². The molecule has 0 bridgehead atoms. The summed E-state index contributed by atoms with van der Waals surface area (Å²) in [6.07, 6.45) is 4.22. The molecule has 2 amide bonds. The van der Waals surface area contributed by atoms with Crippen LogP contribution in [-0.2, 0) is 6.42 Å². The van der Waals surface area contributed by atoms with Crippen molar-refractivity contribution >= 4 is 17.8 Å². The van der Waals surface area contributed by atoms with Crippen molar-refractivity contribution in [3.05, 3.63) is 35.9 Å². The summed E-state index contributed by atoms with van der Waals surface area (Å²) in [7, 11) is 0. The van der Waals surface area contributed by atoms with Crippen molar-refractivity contribution in [2.45, 2.75) is 12.8 Å². The van der Waals surface area contributed by atoms with Gasteiger partial charge in [0.2, 0.25) is 0 Å². The quantitative estimate of drug-likeness (QED) is 0.783. The largest absolute Gasteiger partial charge is 0.338 e. The Morgan fingerprint density at radius 1 is 1.18 bits per heavy atom. The lowest BCUT2D eigenvalue weighted by Gasteiger charge is -2.34. The first kappa shape index (κ1) is 17.2. The molecule has 5 heteroatoms. The van der Waals surface area contributed by atoms with E-state index in [-0.39, 0.29) is 6.03 Å². The molecule has 0 spiro atoms. The molecular formula is C17H27N3OS. The summed E-state index contributed by atoms with van der Waals surface area (Å²) in [5.41, 5.74) is 1.39. The minimum absolute atomic E-state index is 0.101. The van der Waals surface area contributed by atoms with Gasteiger partial charge in [-0.1, -0.05) is 30.3 Å². The summed E-state index contributed by atoms with van der Waals surface area (Å²) in [5.74, 6) is 1.10. The van der Waals surface area contributed by atoms with E-state index in [0.717, 1.165) is 57.9 Å². The molecule has 2 rings (SSSR count). The number of rotatable bonds is 7. The second kappa shape index (κ2) is 9.74. The van der Waals surface area contributed by atoms with Gasteiger partial charge in [-0.25, -0.2) is 4.79 Å². The molecule has 0 atom stereocenters. The molecule has 0 aliphatic carbocycles. The van der Waals surface area contributed by atoms with E-state index in [2.05, 4.69) is 46.8 Å². The number of urea groups is 1. The van der Waals surface area contributed by atoms with Crippen molar-refractivity contribution in [2.75, 3.05) is 51.3 Å². The van der Waals surface area contributed by atoms with Crippen LogP contribution in [0.15, 0.2) is 30.3 Å². The van der Waals surface area contributed by atoms with E-state index in [1.165, 1.54) is 5.56 Å². The molecule has 1 aromatic rings. The second-order valence-electron chi connectivity index (χ2n) is 5.64. The Morgan fingerprint density at radius 2 is 1.91 bits per heavy atom. The topological polar surface area (TPSA) is 35.6 Å². The fourth-order valence-corrected chi connectivity index (χ4v) is 3.06. The molecule has 4 nitrogen and oxygen atoms in total. The van der Waals surface area contributed by atoms with Crippen LogP contribution in [0.4, 0.5) is 4.79 Å². The number of carbonyl (C=O) groups excluding carboxylic acids is 1. The molecule has 1 saturated heterocycles. The van der Waals surface area contributed by atoms with Crippen molar-refractivity contribution in [3.8, 4) is 0 Å². The van der Waals surface area contributed by atoms with E-state index in [1.54, 1.807) is 0 Å². The standard InChI is InChI=1S/C17H27N3OS/c1-22-15-5-9-18-17(21)20-13-11-19(12-14-20)10-8-16-6-3-2-4-7-16/h2-4,6-7H,5,8-15H2,1H3,(H,18,21). The van der Waals surface area contributed by atoms with Crippen LogP contribution in [-0.4, -0.2) is 67.1 Å². The highest BCUT2D eigenvalue weighted by Gasteiger charge is 2.20. The smallest absolute Gasteiger partial charge is 0.317 e. The third-order valence-electron chi connectivity index (χ3n) is 4.02. The molecule has 0 aromatic heterocycles. The van der Waals surface area contributed by atoms with Crippen molar-refractivity contribution in [1.29, 1.82) is 0 Å². The van der Waals surface area contributed by atoms with Gasteiger partial charge in [0, 0.05) is 39.3 Å². The van der Waals surface area contributed by atoms with E-state index in [0.29, 0.717) is 0 Å². The van der Waals surface area contributed by atoms with Crippen molar-refractivity contribution < 1.29 is 4.79 Å². The fourth-order valence-electron chi connectivity index (χ4n) is 2.63. The molecule has 1 heterocycles. The van der Waals surface area contributed by atoms with Gasteiger partial charge in [0.15, 0.2) is 0 Å². The molecule has 1 aliphatic heterocycles. The molecule has 22 heavy (non-hydrogen) atoms. The van der Waals surface area contributed by atoms with Crippen LogP contribution in [0.5, 0.6) is 0 Å². The average molecular weight is 321 g/mol. The highest BCUT2D eigenvalue weighted by Crippen LogP contribution is 2.06. The first-order chi connectivity index (χ1) is 10.8. The summed E-state index contributed by atoms with van der Waals surface area (Å²) in [5, 5.41) is 3.02. The predicted molar refractivity (Wildman–Crippen MR) is 94.6 cm³/mol. The van der Waals surface area contributed by atoms with Gasteiger partial charge in [-0.3, -0.25) is 4.90 Å². The van der Waals surface area contributed by atoms with Gasteiger partial charge >= 0.3 is 6.03 Å². The number of amides is 2. The van der Waals surface area contributed by atoms with E-state index in [1.807, 2.05) is 16.7 Å². The van der Waals surface area contributed by atoms with Gasteiger partial charge in [0.05, 0.1) is 0 Å². The minimum atomic E-state index is 0.101. The lowest BCUT2D eigenvalue weighted by atomic mass is 10.1. The van der Waals surface area contributed by atoms with Crippen molar-refractivity contribution in [3.63, 3.8) is 0 Å². The summed E-state index contributed by atoms with van der Waals surface area (Å²) >= 11 is 1.82. The predicted octanol–water partition coefficient (Wildman–Crippen LogP) is 2.31. The molecule has 1 N–H and O–H groups in total. The number of piperazine rings is 1. The van der Waals surface area contributed by atoms with Gasteiger partial charge < -0.3 is 10.2 Å². The number of thioether (sulfide) groups is 1. The lowest BCUT2D eigenvalue weighted by molar-refractivity contribution is 0.140. The van der Waals surface area contributed by atoms with Crippen LogP contribution in [0.25, 0.3) is 0 Å². The van der Waals surface area contributed by atoms with Gasteiger partial charge in [-0.2, -0.15) is 11.8 Å². The Hall–Kier alpha value is -1.20. The second-order valence-corrected chi connectivity index (χ2v) is 6.63. The van der Waals surface area contributed by atoms with Crippen molar-refractivity contribution in [1.82, 2.24) is 15.1 Å². The van der Waals surface area contributed by atoms with E-state index < -0.39 is 0 Å². The monoisotopic (exact) mass is 321 g/mol. The maximum Gasteiger partial charge on any atom is 0.317 e. The van der Waals surface area contributed by atoms with Crippen LogP contribution in [0, 0.1) is 0 Å². The zero-order chi connectivity index (χ0) is 15.6. The Labute approximate surface area is 138 Å². The third kappa shape index (κ3) is 5.89. The Balaban J connectivity index is 1.62. The molecular weight excluding hydrogens is 294 g/mol. The van der Waals surface area contributed by atoms with Gasteiger partial charge in [0.25, 0.3) is 0 Å². The van der Waals surface area contributed by atoms with Gasteiger partial charge in [-0.05, 0) is 30.4 Å². The summed E-state index contributed by atoms with van der Waals surface area (Å²) < 4.78 is 0. The molecule has 1 fully saturated rings. The van der Waals surface area contributed by atoms with E-state index in [9.17, 15) is 4.79 Å². The Morgan fingerprint density at radius 3 is 2.59 bits per heavy atom. The minimum Gasteiger partial charge on any atom is -0.338 e. The highest BCUT2D eigenvalue weighted by molar-refractivity contribution is 7.98. The first-order valence-electron chi connectivity index (χ1n) is 8.07. The third-order valence-corrected chi connectivity index (χ3v) is 4.72. The van der Waals surface area contributed by atoms with E-state index >= 15 is 0 Å². The summed E-state index contributed by atoms with van der Waals surface area (Å²) in [4.78, 5) is 16.4. The lowest BCUT2D eigenvalue weighted by Crippen LogP contribution is -2.52. The SMILES string of the molecule is CSCCCNC(=O)N1CCN(CCc2ccccc2)CC1. The van der Waals surface area contributed by atoms with Crippen LogP contribution in [0.3, 0.4) is 0 Å². The normalized spacial score (nSPS) is 15.8. The molecule has 122 valence electrons. The highest BCUT2D eigenvalue weighted by atomic mass is 32.2. The average Bonchev–Trinajstić information content (AvgIpc) is 2.58. The Bertz CT molecular complexity index is 433. The molecule has 0 unspecified atom stereocenters. The van der Waals surface area contributed by atoms with Gasteiger partial charge in [-0.15, -0.1) is 0 Å². The zero-order valence-electron chi connectivity index (χ0n) is 13.5. The number of nitrogens with one attached hydrogen (secondary N) is 1. The van der Waals surface area contributed by atoms with Crippen molar-refractivity contribution in [2.24, 2.45) is 0 Å². The molecule has 1 aromatic carbocycles. The zero-order valence-corrected chi connectivity index (χ0v) is 14.3. The maximum atomic E-state index is 12.0. The molecule has 1 aliphatic rings. The number of hydrogen-bond donors (Lipinski definition) is 1. The van der Waals surface area contributed by atoms with Crippen LogP contribution >= 0.6 is 11.8 Å². The first-order valence-corrected chi connectivity index (χ1v) is 9.47. The number of carbonyl (C=O) groups is 1. The van der Waals surface area contributed by atoms with Crippen LogP contribution < -0.4 is 5.32 Å². The Kier molecular flexibility index (Phi) is 7.60. The van der Waals surface area contributed by atoms with E-state index in [4.69, 9.17) is 0 Å². The molecule has 0 radical (unpaired) electrons. The number of benzene rings is 1. The number of nitrogens with zero attached hydrogens (tertiary/aromatic N) is 2.